The summed E-state index contributed by atoms with van der Waals surface area (Å²) >= 11 is 0. The molecule has 0 saturated carbocycles. The lowest BCUT2D eigenvalue weighted by molar-refractivity contribution is 0.277. The van der Waals surface area contributed by atoms with Crippen LogP contribution in [0.1, 0.15) is 12.1 Å². The van der Waals surface area contributed by atoms with Crippen LogP contribution in [0.4, 0.5) is 5.69 Å². The van der Waals surface area contributed by atoms with Gasteiger partial charge in [0.2, 0.25) is 0 Å². The highest BCUT2D eigenvalue weighted by atomic mass is 16.3. The van der Waals surface area contributed by atoms with E-state index in [9.17, 15) is 5.11 Å². The molecule has 1 aromatic carbocycles. The number of fused-ring (bicyclic) bond motifs is 1. The molecule has 0 aliphatic rings. The summed E-state index contributed by atoms with van der Waals surface area (Å²) in [6.45, 7) is 4.61. The lowest BCUT2D eigenvalue weighted by Gasteiger charge is -2.21. The van der Waals surface area contributed by atoms with Crippen LogP contribution < -0.4 is 4.90 Å². The molecule has 94 valence electrons. The van der Waals surface area contributed by atoms with Crippen LogP contribution in [-0.4, -0.2) is 23.7 Å². The Bertz CT molecular complexity index is 551. The van der Waals surface area contributed by atoms with E-state index in [1.807, 2.05) is 37.4 Å². The molecule has 0 fully saturated rings. The lowest BCUT2D eigenvalue weighted by Crippen LogP contribution is -2.18. The highest BCUT2D eigenvalue weighted by Crippen LogP contribution is 2.26. The van der Waals surface area contributed by atoms with Gasteiger partial charge in [-0.2, -0.15) is 0 Å². The highest BCUT2D eigenvalue weighted by molar-refractivity contribution is 5.91. The summed E-state index contributed by atoms with van der Waals surface area (Å²) in [5, 5.41) is 10.4. The average Bonchev–Trinajstić information content (AvgIpc) is 2.43. The molecule has 0 saturated heterocycles. The van der Waals surface area contributed by atoms with Crippen molar-refractivity contribution in [2.45, 2.75) is 13.0 Å². The fourth-order valence-corrected chi connectivity index (χ4v) is 2.01. The Hall–Kier alpha value is -1.87. The van der Waals surface area contributed by atoms with Gasteiger partial charge in [-0.05, 0) is 18.6 Å². The summed E-state index contributed by atoms with van der Waals surface area (Å²) in [5.41, 5.74) is 2.73. The Kier molecular flexibility index (Phi) is 3.95. The third-order valence-electron chi connectivity index (χ3n) is 2.99. The third-order valence-corrected chi connectivity index (χ3v) is 2.99. The van der Waals surface area contributed by atoms with Gasteiger partial charge in [0.05, 0.1) is 17.8 Å². The van der Waals surface area contributed by atoms with Crippen molar-refractivity contribution in [3.8, 4) is 0 Å². The summed E-state index contributed by atoms with van der Waals surface area (Å²) in [6, 6.07) is 9.95. The van der Waals surface area contributed by atoms with Crippen LogP contribution in [0.15, 0.2) is 43.0 Å². The first kappa shape index (κ1) is 12.6. The predicted octanol–water partition coefficient (Wildman–Crippen LogP) is 2.74. The fourth-order valence-electron chi connectivity index (χ4n) is 2.01. The van der Waals surface area contributed by atoms with E-state index >= 15 is 0 Å². The highest BCUT2D eigenvalue weighted by Gasteiger charge is 2.08. The van der Waals surface area contributed by atoms with Gasteiger partial charge in [-0.25, -0.2) is 0 Å². The standard InChI is InChI=1S/C15H18N2O/c1-3-4-9-17(2)15-10-12(11-18)16-14-8-6-5-7-13(14)15/h3,5-8,10,18H,1,4,9,11H2,2H3. The molecule has 18 heavy (non-hydrogen) atoms. The van der Waals surface area contributed by atoms with E-state index in [0.29, 0.717) is 5.69 Å². The van der Waals surface area contributed by atoms with Gasteiger partial charge in [0.1, 0.15) is 0 Å². The van der Waals surface area contributed by atoms with E-state index in [-0.39, 0.29) is 6.61 Å². The maximum atomic E-state index is 9.28. The largest absolute Gasteiger partial charge is 0.390 e. The number of aliphatic hydroxyl groups excluding tert-OH is 1. The maximum absolute atomic E-state index is 9.28. The van der Waals surface area contributed by atoms with E-state index in [4.69, 9.17) is 0 Å². The summed E-state index contributed by atoms with van der Waals surface area (Å²) < 4.78 is 0. The molecule has 0 atom stereocenters. The molecule has 0 radical (unpaired) electrons. The summed E-state index contributed by atoms with van der Waals surface area (Å²) in [7, 11) is 2.05. The van der Waals surface area contributed by atoms with Gasteiger partial charge in [0.25, 0.3) is 0 Å². The van der Waals surface area contributed by atoms with E-state index in [1.54, 1.807) is 0 Å². The second-order valence-electron chi connectivity index (χ2n) is 4.31. The van der Waals surface area contributed by atoms with Crippen LogP contribution in [-0.2, 0) is 6.61 Å². The van der Waals surface area contributed by atoms with Crippen molar-refractivity contribution < 1.29 is 5.11 Å². The minimum absolute atomic E-state index is 0.0346. The number of nitrogens with zero attached hydrogens (tertiary/aromatic N) is 2. The number of para-hydroxylation sites is 1. The number of hydrogen-bond acceptors (Lipinski definition) is 3. The molecular weight excluding hydrogens is 224 g/mol. The molecule has 0 aliphatic heterocycles. The number of aromatic nitrogens is 1. The molecule has 0 amide bonds. The molecule has 0 unspecified atom stereocenters. The van der Waals surface area contributed by atoms with E-state index < -0.39 is 0 Å². The van der Waals surface area contributed by atoms with E-state index in [2.05, 4.69) is 22.5 Å². The SMILES string of the molecule is C=CCCN(C)c1cc(CO)nc2ccccc12. The van der Waals surface area contributed by atoms with Gasteiger partial charge in [0, 0.05) is 24.7 Å². The molecule has 1 N–H and O–H groups in total. The van der Waals surface area contributed by atoms with Crippen LogP contribution in [0, 0.1) is 0 Å². The second-order valence-corrected chi connectivity index (χ2v) is 4.31. The van der Waals surface area contributed by atoms with Gasteiger partial charge in [-0.15, -0.1) is 6.58 Å². The molecule has 2 aromatic rings. The minimum Gasteiger partial charge on any atom is -0.390 e. The number of benzene rings is 1. The fraction of sp³-hybridized carbons (Fsp3) is 0.267. The topological polar surface area (TPSA) is 36.4 Å². The van der Waals surface area contributed by atoms with E-state index in [0.717, 1.165) is 29.6 Å². The van der Waals surface area contributed by atoms with Crippen LogP contribution in [0.2, 0.25) is 0 Å². The monoisotopic (exact) mass is 242 g/mol. The van der Waals surface area contributed by atoms with Crippen LogP contribution >= 0.6 is 0 Å². The van der Waals surface area contributed by atoms with Crippen LogP contribution in [0.3, 0.4) is 0 Å². The Balaban J connectivity index is 2.49. The Morgan fingerprint density at radius 2 is 2.17 bits per heavy atom. The smallest absolute Gasteiger partial charge is 0.0854 e. The van der Waals surface area contributed by atoms with Crippen molar-refractivity contribution in [1.82, 2.24) is 4.98 Å². The van der Waals surface area contributed by atoms with Crippen molar-refractivity contribution in [3.63, 3.8) is 0 Å². The minimum atomic E-state index is -0.0346. The summed E-state index contributed by atoms with van der Waals surface area (Å²) in [6.07, 6.45) is 2.84. The Morgan fingerprint density at radius 1 is 1.39 bits per heavy atom. The van der Waals surface area contributed by atoms with Crippen molar-refractivity contribution in [3.05, 3.63) is 48.7 Å². The normalized spacial score (nSPS) is 10.6. The number of rotatable bonds is 5. The zero-order chi connectivity index (χ0) is 13.0. The Morgan fingerprint density at radius 3 is 2.89 bits per heavy atom. The summed E-state index contributed by atoms with van der Waals surface area (Å²) in [5.74, 6) is 0. The van der Waals surface area contributed by atoms with Crippen LogP contribution in [0.5, 0.6) is 0 Å². The molecule has 0 bridgehead atoms. The van der Waals surface area contributed by atoms with Gasteiger partial charge < -0.3 is 10.0 Å². The van der Waals surface area contributed by atoms with Crippen molar-refractivity contribution >= 4 is 16.6 Å². The molecule has 3 heteroatoms. The van der Waals surface area contributed by atoms with Gasteiger partial charge in [-0.1, -0.05) is 24.3 Å². The number of pyridine rings is 1. The van der Waals surface area contributed by atoms with Gasteiger partial charge >= 0.3 is 0 Å². The number of hydrogen-bond donors (Lipinski definition) is 1. The van der Waals surface area contributed by atoms with Crippen molar-refractivity contribution in [2.75, 3.05) is 18.5 Å². The van der Waals surface area contributed by atoms with Crippen LogP contribution in [0.25, 0.3) is 10.9 Å². The lowest BCUT2D eigenvalue weighted by atomic mass is 10.1. The molecule has 3 nitrogen and oxygen atoms in total. The maximum Gasteiger partial charge on any atom is 0.0854 e. The van der Waals surface area contributed by atoms with Gasteiger partial charge in [-0.3, -0.25) is 4.98 Å². The second kappa shape index (κ2) is 5.65. The Labute approximate surface area is 107 Å². The van der Waals surface area contributed by atoms with Gasteiger partial charge in [0.15, 0.2) is 0 Å². The molecule has 2 rings (SSSR count). The quantitative estimate of drug-likeness (QED) is 0.819. The number of anilines is 1. The molecule has 0 spiro atoms. The average molecular weight is 242 g/mol. The van der Waals surface area contributed by atoms with E-state index in [1.165, 1.54) is 0 Å². The first-order valence-corrected chi connectivity index (χ1v) is 6.08. The zero-order valence-corrected chi connectivity index (χ0v) is 10.6. The zero-order valence-electron chi connectivity index (χ0n) is 10.6. The van der Waals surface area contributed by atoms with Crippen molar-refractivity contribution in [1.29, 1.82) is 0 Å². The predicted molar refractivity (Wildman–Crippen MR) is 75.7 cm³/mol. The van der Waals surface area contributed by atoms with Crippen molar-refractivity contribution in [2.24, 2.45) is 0 Å². The number of aliphatic hydroxyl groups is 1. The molecular formula is C15H18N2O. The molecule has 0 aliphatic carbocycles. The first-order valence-electron chi connectivity index (χ1n) is 6.08. The first-order chi connectivity index (χ1) is 8.76. The third kappa shape index (κ3) is 2.51. The molecule has 1 aromatic heterocycles. The molecule has 1 heterocycles. The summed E-state index contributed by atoms with van der Waals surface area (Å²) in [4.78, 5) is 6.59.